The van der Waals surface area contributed by atoms with Gasteiger partial charge in [0.2, 0.25) is 5.95 Å². The van der Waals surface area contributed by atoms with Crippen molar-refractivity contribution in [2.24, 2.45) is 0 Å². The molecule has 3 aromatic rings. The fourth-order valence-corrected chi connectivity index (χ4v) is 3.78. The Labute approximate surface area is 158 Å². The van der Waals surface area contributed by atoms with Gasteiger partial charge in [-0.25, -0.2) is 9.97 Å². The number of nitrogens with zero attached hydrogens (tertiary/aromatic N) is 6. The van der Waals surface area contributed by atoms with Crippen LogP contribution in [0.1, 0.15) is 5.69 Å². The van der Waals surface area contributed by atoms with Gasteiger partial charge in [-0.15, -0.1) is 0 Å². The van der Waals surface area contributed by atoms with Gasteiger partial charge in [-0.2, -0.15) is 4.98 Å². The molecule has 5 heterocycles. The largest absolute Gasteiger partial charge is 0.368 e. The molecule has 0 unspecified atom stereocenters. The number of hydrogen-bond acceptors (Lipinski definition) is 7. The fourth-order valence-electron chi connectivity index (χ4n) is 3.78. The first kappa shape index (κ1) is 16.5. The molecule has 0 saturated carbocycles. The lowest BCUT2D eigenvalue weighted by molar-refractivity contribution is 0.313. The number of rotatable bonds is 3. The van der Waals surface area contributed by atoms with Crippen molar-refractivity contribution in [3.8, 4) is 0 Å². The molecular formula is C19H24N8. The number of anilines is 3. The lowest BCUT2D eigenvalue weighted by Gasteiger charge is -2.33. The molecule has 1 saturated heterocycles. The lowest BCUT2D eigenvalue weighted by atomic mass is 10.3. The van der Waals surface area contributed by atoms with Crippen LogP contribution in [0.3, 0.4) is 0 Å². The predicted octanol–water partition coefficient (Wildman–Crippen LogP) is 1.42. The van der Waals surface area contributed by atoms with Crippen molar-refractivity contribution < 1.29 is 0 Å². The van der Waals surface area contributed by atoms with Gasteiger partial charge in [0.25, 0.3) is 0 Å². The van der Waals surface area contributed by atoms with Crippen LogP contribution in [0.25, 0.3) is 11.0 Å². The van der Waals surface area contributed by atoms with Crippen molar-refractivity contribution in [1.82, 2.24) is 29.7 Å². The summed E-state index contributed by atoms with van der Waals surface area (Å²) in [6, 6.07) is 6.27. The Morgan fingerprint density at radius 2 is 1.93 bits per heavy atom. The summed E-state index contributed by atoms with van der Waals surface area (Å²) in [6.07, 6.45) is 3.81. The van der Waals surface area contributed by atoms with Gasteiger partial charge in [-0.05, 0) is 25.2 Å². The van der Waals surface area contributed by atoms with E-state index in [0.29, 0.717) is 5.95 Å². The summed E-state index contributed by atoms with van der Waals surface area (Å²) in [5.74, 6) is 1.35. The van der Waals surface area contributed by atoms with E-state index in [4.69, 9.17) is 4.98 Å². The Hall–Kier alpha value is -2.71. The molecule has 2 aliphatic rings. The van der Waals surface area contributed by atoms with Crippen molar-refractivity contribution >= 4 is 28.5 Å². The van der Waals surface area contributed by atoms with Crippen molar-refractivity contribution in [1.29, 1.82) is 0 Å². The zero-order valence-corrected chi connectivity index (χ0v) is 15.5. The van der Waals surface area contributed by atoms with E-state index in [2.05, 4.69) is 54.1 Å². The third kappa shape index (κ3) is 3.22. The monoisotopic (exact) mass is 364 g/mol. The number of hydrogen-bond donors (Lipinski definition) is 2. The maximum Gasteiger partial charge on any atom is 0.230 e. The number of nitrogens with one attached hydrogen (secondary N) is 2. The molecule has 5 rings (SSSR count). The minimum absolute atomic E-state index is 0.585. The molecule has 2 N–H and O–H groups in total. The van der Waals surface area contributed by atoms with Crippen LogP contribution in [0, 0.1) is 0 Å². The van der Waals surface area contributed by atoms with E-state index >= 15 is 0 Å². The van der Waals surface area contributed by atoms with Crippen LogP contribution in [0.15, 0.2) is 30.6 Å². The molecule has 0 aromatic carbocycles. The van der Waals surface area contributed by atoms with E-state index in [-0.39, 0.29) is 0 Å². The number of likely N-dealkylation sites (N-methyl/N-ethyl adjacent to an activating group) is 1. The van der Waals surface area contributed by atoms with Crippen LogP contribution >= 0.6 is 0 Å². The number of aromatic nitrogens is 4. The molecule has 0 aliphatic carbocycles. The Morgan fingerprint density at radius 1 is 1.04 bits per heavy atom. The van der Waals surface area contributed by atoms with Crippen molar-refractivity contribution in [3.05, 3.63) is 36.3 Å². The highest BCUT2D eigenvalue weighted by molar-refractivity contribution is 5.78. The molecule has 8 nitrogen and oxygen atoms in total. The van der Waals surface area contributed by atoms with Gasteiger partial charge < -0.3 is 25.0 Å². The summed E-state index contributed by atoms with van der Waals surface area (Å²) >= 11 is 0. The van der Waals surface area contributed by atoms with Crippen LogP contribution in [-0.4, -0.2) is 64.2 Å². The molecule has 8 heteroatoms. The van der Waals surface area contributed by atoms with Crippen molar-refractivity contribution in [2.75, 3.05) is 50.0 Å². The summed E-state index contributed by atoms with van der Waals surface area (Å²) in [6.45, 7) is 7.05. The van der Waals surface area contributed by atoms with Gasteiger partial charge in [-0.1, -0.05) is 0 Å². The van der Waals surface area contributed by atoms with Crippen LogP contribution in [0.4, 0.5) is 17.5 Å². The highest BCUT2D eigenvalue weighted by atomic mass is 15.3. The number of pyridine rings is 1. The molecule has 2 aliphatic heterocycles. The fraction of sp³-hybridized carbons (Fsp3) is 0.421. The maximum absolute atomic E-state index is 4.72. The first-order valence-corrected chi connectivity index (χ1v) is 9.49. The molecule has 27 heavy (non-hydrogen) atoms. The molecule has 3 aromatic heterocycles. The normalized spacial score (nSPS) is 17.9. The van der Waals surface area contributed by atoms with Crippen molar-refractivity contribution in [3.63, 3.8) is 0 Å². The van der Waals surface area contributed by atoms with Crippen molar-refractivity contribution in [2.45, 2.75) is 13.1 Å². The number of piperazine rings is 1. The van der Waals surface area contributed by atoms with Gasteiger partial charge in [0.05, 0.1) is 11.9 Å². The molecule has 0 atom stereocenters. The maximum atomic E-state index is 4.72. The van der Waals surface area contributed by atoms with E-state index in [1.807, 2.05) is 18.5 Å². The van der Waals surface area contributed by atoms with E-state index in [0.717, 1.165) is 68.4 Å². The van der Waals surface area contributed by atoms with Gasteiger partial charge in [0.15, 0.2) is 0 Å². The third-order valence-electron chi connectivity index (χ3n) is 5.39. The average molecular weight is 364 g/mol. The van der Waals surface area contributed by atoms with Gasteiger partial charge in [0, 0.05) is 63.1 Å². The molecule has 0 spiro atoms. The smallest absolute Gasteiger partial charge is 0.230 e. The summed E-state index contributed by atoms with van der Waals surface area (Å²) in [4.78, 5) is 18.5. The average Bonchev–Trinajstić information content (AvgIpc) is 3.07. The molecule has 140 valence electrons. The number of fused-ring (bicyclic) bond motifs is 3. The Bertz CT molecular complexity index is 940. The second kappa shape index (κ2) is 6.79. The first-order valence-electron chi connectivity index (χ1n) is 9.49. The van der Waals surface area contributed by atoms with Crippen LogP contribution in [0.2, 0.25) is 0 Å². The van der Waals surface area contributed by atoms with E-state index in [9.17, 15) is 0 Å². The Kier molecular flexibility index (Phi) is 4.14. The topological polar surface area (TPSA) is 74.1 Å². The van der Waals surface area contributed by atoms with E-state index in [1.54, 1.807) is 0 Å². The predicted molar refractivity (Wildman–Crippen MR) is 106 cm³/mol. The minimum atomic E-state index is 0.585. The summed E-state index contributed by atoms with van der Waals surface area (Å²) in [5, 5.41) is 7.71. The standard InChI is InChI=1S/C19H24N8/c1-25-6-8-26(9-7-25)15-2-3-17(21-13-15)23-19-22-11-14-10-16-12-20-4-5-27(16)18(14)24-19/h2-3,10-11,13,20H,4-9,12H2,1H3,(H,21,22,23,24). The van der Waals surface area contributed by atoms with Crippen LogP contribution < -0.4 is 15.5 Å². The summed E-state index contributed by atoms with van der Waals surface area (Å²) in [7, 11) is 2.16. The molecule has 1 fully saturated rings. The zero-order chi connectivity index (χ0) is 18.2. The third-order valence-corrected chi connectivity index (χ3v) is 5.39. The molecular weight excluding hydrogens is 340 g/mol. The van der Waals surface area contributed by atoms with Gasteiger partial charge >= 0.3 is 0 Å². The van der Waals surface area contributed by atoms with Gasteiger partial charge in [0.1, 0.15) is 11.5 Å². The highest BCUT2D eigenvalue weighted by Gasteiger charge is 2.16. The SMILES string of the molecule is CN1CCN(c2ccc(Nc3ncc4cc5n(c4n3)CCNC5)nc2)CC1. The lowest BCUT2D eigenvalue weighted by Crippen LogP contribution is -2.44. The Balaban J connectivity index is 1.34. The summed E-state index contributed by atoms with van der Waals surface area (Å²) in [5.41, 5.74) is 3.41. The van der Waals surface area contributed by atoms with Crippen LogP contribution in [0.5, 0.6) is 0 Å². The molecule has 0 bridgehead atoms. The van der Waals surface area contributed by atoms with Crippen LogP contribution in [-0.2, 0) is 13.1 Å². The quantitative estimate of drug-likeness (QED) is 0.728. The van der Waals surface area contributed by atoms with Gasteiger partial charge in [-0.3, -0.25) is 0 Å². The Morgan fingerprint density at radius 3 is 2.74 bits per heavy atom. The minimum Gasteiger partial charge on any atom is -0.368 e. The first-order chi connectivity index (χ1) is 13.3. The second-order valence-electron chi connectivity index (χ2n) is 7.25. The molecule has 0 radical (unpaired) electrons. The highest BCUT2D eigenvalue weighted by Crippen LogP contribution is 2.22. The van der Waals surface area contributed by atoms with E-state index in [1.165, 1.54) is 5.69 Å². The molecule has 0 amide bonds. The second-order valence-corrected chi connectivity index (χ2v) is 7.25. The summed E-state index contributed by atoms with van der Waals surface area (Å²) < 4.78 is 2.27. The zero-order valence-electron chi connectivity index (χ0n) is 15.5. The van der Waals surface area contributed by atoms with E-state index < -0.39 is 0 Å².